The molecule has 0 amide bonds. The van der Waals surface area contributed by atoms with Crippen molar-refractivity contribution in [1.29, 1.82) is 0 Å². The quantitative estimate of drug-likeness (QED) is 0.845. The molecule has 1 fully saturated rings. The van der Waals surface area contributed by atoms with Crippen LogP contribution in [0.5, 0.6) is 0 Å². The summed E-state index contributed by atoms with van der Waals surface area (Å²) in [6, 6.07) is 5.80. The Morgan fingerprint density at radius 2 is 2.00 bits per heavy atom. The Morgan fingerprint density at radius 3 is 2.53 bits per heavy atom. The van der Waals surface area contributed by atoms with Crippen LogP contribution in [0.15, 0.2) is 18.2 Å². The van der Waals surface area contributed by atoms with Gasteiger partial charge in [0, 0.05) is 6.42 Å². The molecule has 2 rings (SSSR count). The van der Waals surface area contributed by atoms with E-state index < -0.39 is 11.4 Å². The topological polar surface area (TPSA) is 63.6 Å². The number of carbonyl (C=O) groups is 2. The Labute approximate surface area is 112 Å². The molecule has 0 radical (unpaired) electrons. The molecule has 1 aliphatic rings. The molecule has 0 saturated carbocycles. The van der Waals surface area contributed by atoms with Crippen LogP contribution in [0.2, 0.25) is 0 Å². The first kappa shape index (κ1) is 13.7. The van der Waals surface area contributed by atoms with Gasteiger partial charge in [0.15, 0.2) is 11.2 Å². The van der Waals surface area contributed by atoms with E-state index in [9.17, 15) is 14.7 Å². The first-order chi connectivity index (χ1) is 8.97. The summed E-state index contributed by atoms with van der Waals surface area (Å²) < 4.78 is 5.27. The highest BCUT2D eigenvalue weighted by atomic mass is 16.5. The fourth-order valence-corrected chi connectivity index (χ4v) is 2.57. The number of hydrogen-bond donors (Lipinski definition) is 1. The number of ether oxygens (including phenoxy) is 1. The van der Waals surface area contributed by atoms with Gasteiger partial charge in [-0.05, 0) is 37.0 Å². The van der Waals surface area contributed by atoms with Gasteiger partial charge in [-0.2, -0.15) is 0 Å². The molecule has 0 bridgehead atoms. The third-order valence-electron chi connectivity index (χ3n) is 3.89. The smallest absolute Gasteiger partial charge is 0.319 e. The molecule has 1 heterocycles. The molecule has 1 aromatic rings. The predicted octanol–water partition coefficient (Wildman–Crippen LogP) is 1.91. The number of ketones is 1. The fourth-order valence-electron chi connectivity index (χ4n) is 2.57. The van der Waals surface area contributed by atoms with E-state index in [-0.39, 0.29) is 25.2 Å². The maximum absolute atomic E-state index is 12.1. The molecule has 4 nitrogen and oxygen atoms in total. The largest absolute Gasteiger partial charge is 0.480 e. The zero-order valence-electron chi connectivity index (χ0n) is 11.2. The second-order valence-corrected chi connectivity index (χ2v) is 5.16. The summed E-state index contributed by atoms with van der Waals surface area (Å²) in [5.41, 5.74) is 1.54. The van der Waals surface area contributed by atoms with Gasteiger partial charge in [0.2, 0.25) is 0 Å². The average Bonchev–Trinajstić information content (AvgIpc) is 2.36. The van der Waals surface area contributed by atoms with Crippen molar-refractivity contribution in [3.8, 4) is 0 Å². The van der Waals surface area contributed by atoms with E-state index >= 15 is 0 Å². The Balaban J connectivity index is 2.42. The monoisotopic (exact) mass is 262 g/mol. The normalized spacial score (nSPS) is 23.4. The number of carboxylic acid groups (broad SMARTS) is 1. The maximum Gasteiger partial charge on any atom is 0.319 e. The molecule has 1 saturated heterocycles. The molecule has 19 heavy (non-hydrogen) atoms. The van der Waals surface area contributed by atoms with E-state index in [0.29, 0.717) is 6.61 Å². The maximum atomic E-state index is 12.1. The summed E-state index contributed by atoms with van der Waals surface area (Å²) in [7, 11) is 0. The molecule has 1 aliphatic heterocycles. The Bertz CT molecular complexity index is 501. The van der Waals surface area contributed by atoms with E-state index in [2.05, 4.69) is 0 Å². The third kappa shape index (κ3) is 2.40. The second-order valence-electron chi connectivity index (χ2n) is 5.16. The fraction of sp³-hybridized carbons (Fsp3) is 0.467. The second kappa shape index (κ2) is 5.13. The van der Waals surface area contributed by atoms with Crippen LogP contribution in [0.4, 0.5) is 0 Å². The van der Waals surface area contributed by atoms with Crippen LogP contribution in [0.25, 0.3) is 0 Å². The number of aliphatic carboxylic acids is 1. The summed E-state index contributed by atoms with van der Waals surface area (Å²) in [5.74, 6) is -1.31. The number of hydrogen-bond acceptors (Lipinski definition) is 3. The average molecular weight is 262 g/mol. The van der Waals surface area contributed by atoms with Gasteiger partial charge >= 0.3 is 5.97 Å². The third-order valence-corrected chi connectivity index (χ3v) is 3.89. The zero-order chi connectivity index (χ0) is 14.0. The van der Waals surface area contributed by atoms with E-state index in [4.69, 9.17) is 4.74 Å². The van der Waals surface area contributed by atoms with Gasteiger partial charge in [0.1, 0.15) is 0 Å². The molecule has 0 aromatic heterocycles. The zero-order valence-corrected chi connectivity index (χ0v) is 11.2. The lowest BCUT2D eigenvalue weighted by molar-refractivity contribution is -0.164. The Hall–Kier alpha value is -1.68. The van der Waals surface area contributed by atoms with Crippen molar-refractivity contribution in [2.75, 3.05) is 13.2 Å². The van der Waals surface area contributed by atoms with Crippen molar-refractivity contribution < 1.29 is 19.4 Å². The summed E-state index contributed by atoms with van der Waals surface area (Å²) in [5, 5.41) is 9.50. The number of carbonyl (C=O) groups excluding carboxylic acids is 1. The van der Waals surface area contributed by atoms with Crippen molar-refractivity contribution in [3.63, 3.8) is 0 Å². The summed E-state index contributed by atoms with van der Waals surface area (Å²) >= 11 is 0. The van der Waals surface area contributed by atoms with Gasteiger partial charge in [-0.3, -0.25) is 9.59 Å². The van der Waals surface area contributed by atoms with Crippen LogP contribution in [0.3, 0.4) is 0 Å². The van der Waals surface area contributed by atoms with E-state index in [0.717, 1.165) is 16.7 Å². The highest BCUT2D eigenvalue weighted by Gasteiger charge is 2.48. The van der Waals surface area contributed by atoms with Crippen LogP contribution >= 0.6 is 0 Å². The van der Waals surface area contributed by atoms with E-state index in [1.807, 2.05) is 32.0 Å². The van der Waals surface area contributed by atoms with Gasteiger partial charge in [0.05, 0.1) is 13.2 Å². The van der Waals surface area contributed by atoms with Gasteiger partial charge in [-0.15, -0.1) is 0 Å². The van der Waals surface area contributed by atoms with Gasteiger partial charge in [-0.1, -0.05) is 18.2 Å². The molecule has 0 spiro atoms. The predicted molar refractivity (Wildman–Crippen MR) is 70.1 cm³/mol. The van der Waals surface area contributed by atoms with Crippen LogP contribution in [-0.4, -0.2) is 30.1 Å². The van der Waals surface area contributed by atoms with Crippen LogP contribution in [0, 0.1) is 19.3 Å². The van der Waals surface area contributed by atoms with Crippen molar-refractivity contribution in [2.24, 2.45) is 5.41 Å². The number of aryl methyl sites for hydroxylation is 2. The van der Waals surface area contributed by atoms with E-state index in [1.54, 1.807) is 0 Å². The van der Waals surface area contributed by atoms with Crippen molar-refractivity contribution in [2.45, 2.75) is 26.7 Å². The molecule has 1 N–H and O–H groups in total. The molecule has 4 heteroatoms. The molecule has 1 aromatic carbocycles. The molecular weight excluding hydrogens is 244 g/mol. The van der Waals surface area contributed by atoms with E-state index in [1.165, 1.54) is 0 Å². The van der Waals surface area contributed by atoms with Crippen molar-refractivity contribution in [1.82, 2.24) is 0 Å². The summed E-state index contributed by atoms with van der Waals surface area (Å²) in [4.78, 5) is 23.7. The molecule has 1 atom stereocenters. The molecule has 1 unspecified atom stereocenters. The van der Waals surface area contributed by atoms with Crippen LogP contribution in [-0.2, 0) is 20.7 Å². The Kier molecular flexibility index (Phi) is 3.71. The SMILES string of the molecule is Cc1cccc(C)c1CC1(C(=O)O)COCCC1=O. The van der Waals surface area contributed by atoms with Crippen molar-refractivity contribution >= 4 is 11.8 Å². The van der Waals surface area contributed by atoms with Crippen molar-refractivity contribution in [3.05, 3.63) is 34.9 Å². The van der Waals surface area contributed by atoms with Gasteiger partial charge in [-0.25, -0.2) is 0 Å². The lowest BCUT2D eigenvalue weighted by Gasteiger charge is -2.32. The first-order valence-electron chi connectivity index (χ1n) is 6.37. The minimum atomic E-state index is -1.42. The highest BCUT2D eigenvalue weighted by molar-refractivity contribution is 6.04. The number of Topliss-reactive ketones (excluding diaryl/α,β-unsaturated/α-hetero) is 1. The highest BCUT2D eigenvalue weighted by Crippen LogP contribution is 2.32. The minimum Gasteiger partial charge on any atom is -0.480 e. The standard InChI is InChI=1S/C15H18O4/c1-10-4-3-5-11(2)12(10)8-15(14(17)18)9-19-7-6-13(15)16/h3-5H,6-9H2,1-2H3,(H,17,18). The number of benzene rings is 1. The number of carboxylic acids is 1. The van der Waals surface area contributed by atoms with Crippen LogP contribution in [0.1, 0.15) is 23.1 Å². The molecule has 102 valence electrons. The molecular formula is C15H18O4. The lowest BCUT2D eigenvalue weighted by Crippen LogP contribution is -2.48. The first-order valence-corrected chi connectivity index (χ1v) is 6.37. The molecule has 0 aliphatic carbocycles. The van der Waals surface area contributed by atoms with Gasteiger partial charge < -0.3 is 9.84 Å². The summed E-state index contributed by atoms with van der Waals surface area (Å²) in [6.07, 6.45) is 0.386. The number of rotatable bonds is 3. The van der Waals surface area contributed by atoms with Gasteiger partial charge in [0.25, 0.3) is 0 Å². The lowest BCUT2D eigenvalue weighted by atomic mass is 9.74. The van der Waals surface area contributed by atoms with Crippen LogP contribution < -0.4 is 0 Å². The summed E-state index contributed by atoms with van der Waals surface area (Å²) in [6.45, 7) is 4.16. The minimum absolute atomic E-state index is 0.0328. The Morgan fingerprint density at radius 1 is 1.37 bits per heavy atom.